The molecular formula is C14H30N4O2S. The first-order valence-corrected chi connectivity index (χ1v) is 9.33. The van der Waals surface area contributed by atoms with Gasteiger partial charge in [-0.1, -0.05) is 6.92 Å². The summed E-state index contributed by atoms with van der Waals surface area (Å²) < 4.78 is 23.4. The summed E-state index contributed by atoms with van der Waals surface area (Å²) >= 11 is 0. The van der Waals surface area contributed by atoms with Gasteiger partial charge in [0.05, 0.1) is 17.0 Å². The summed E-state index contributed by atoms with van der Waals surface area (Å²) in [4.78, 5) is 8.91. The van der Waals surface area contributed by atoms with Gasteiger partial charge in [0, 0.05) is 26.2 Å². The highest BCUT2D eigenvalue weighted by Crippen LogP contribution is 2.23. The molecule has 0 unspecified atom stereocenters. The molecule has 0 spiro atoms. The van der Waals surface area contributed by atoms with Crippen LogP contribution in [0.15, 0.2) is 4.99 Å². The number of hydrogen-bond acceptors (Lipinski definition) is 4. The lowest BCUT2D eigenvalue weighted by molar-refractivity contribution is 0.346. The Morgan fingerprint density at radius 3 is 2.57 bits per heavy atom. The van der Waals surface area contributed by atoms with Gasteiger partial charge in [-0.2, -0.15) is 0 Å². The third kappa shape index (κ3) is 4.85. The van der Waals surface area contributed by atoms with E-state index in [0.717, 1.165) is 32.1 Å². The first-order chi connectivity index (χ1) is 9.73. The van der Waals surface area contributed by atoms with Gasteiger partial charge in [0.15, 0.2) is 15.8 Å². The largest absolute Gasteiger partial charge is 0.357 e. The first kappa shape index (κ1) is 18.2. The maximum Gasteiger partial charge on any atom is 0.194 e. The molecule has 1 aliphatic heterocycles. The standard InChI is InChI=1S/C14H30N4O2S/c1-6-15-13(16-8-9-17(5)7-2)18-10-11-21(19,20)14(3,4)12-18/h6-12H2,1-5H3,(H,15,16). The fraction of sp³-hybridized carbons (Fsp3) is 0.929. The zero-order valence-electron chi connectivity index (χ0n) is 14.0. The molecule has 6 nitrogen and oxygen atoms in total. The van der Waals surface area contributed by atoms with Crippen molar-refractivity contribution in [3.63, 3.8) is 0 Å². The van der Waals surface area contributed by atoms with Crippen molar-refractivity contribution in [2.75, 3.05) is 52.1 Å². The van der Waals surface area contributed by atoms with Crippen LogP contribution >= 0.6 is 0 Å². The van der Waals surface area contributed by atoms with Crippen molar-refractivity contribution >= 4 is 15.8 Å². The molecule has 124 valence electrons. The van der Waals surface area contributed by atoms with Crippen molar-refractivity contribution in [1.82, 2.24) is 15.1 Å². The zero-order valence-corrected chi connectivity index (χ0v) is 14.8. The van der Waals surface area contributed by atoms with E-state index in [-0.39, 0.29) is 5.75 Å². The Labute approximate surface area is 129 Å². The lowest BCUT2D eigenvalue weighted by atomic mass is 10.2. The molecule has 0 saturated carbocycles. The Hall–Kier alpha value is -0.820. The minimum atomic E-state index is -3.01. The van der Waals surface area contributed by atoms with Gasteiger partial charge < -0.3 is 15.1 Å². The molecule has 1 N–H and O–H groups in total. The van der Waals surface area contributed by atoms with E-state index in [1.54, 1.807) is 13.8 Å². The molecular weight excluding hydrogens is 288 g/mol. The van der Waals surface area contributed by atoms with Gasteiger partial charge in [-0.15, -0.1) is 0 Å². The van der Waals surface area contributed by atoms with Crippen LogP contribution in [0, 0.1) is 0 Å². The summed E-state index contributed by atoms with van der Waals surface area (Å²) in [7, 11) is -0.944. The van der Waals surface area contributed by atoms with E-state index >= 15 is 0 Å². The second kappa shape index (κ2) is 7.45. The quantitative estimate of drug-likeness (QED) is 0.588. The first-order valence-electron chi connectivity index (χ1n) is 7.67. The smallest absolute Gasteiger partial charge is 0.194 e. The van der Waals surface area contributed by atoms with E-state index in [1.807, 2.05) is 6.92 Å². The summed E-state index contributed by atoms with van der Waals surface area (Å²) in [5.74, 6) is 1.02. The van der Waals surface area contributed by atoms with Gasteiger partial charge in [0.1, 0.15) is 0 Å². The average Bonchev–Trinajstić information content (AvgIpc) is 2.40. The van der Waals surface area contributed by atoms with Crippen LogP contribution in [0.25, 0.3) is 0 Å². The van der Waals surface area contributed by atoms with Crippen LogP contribution in [-0.4, -0.2) is 81.0 Å². The highest BCUT2D eigenvalue weighted by molar-refractivity contribution is 7.92. The monoisotopic (exact) mass is 318 g/mol. The Morgan fingerprint density at radius 1 is 1.38 bits per heavy atom. The second-order valence-corrected chi connectivity index (χ2v) is 8.87. The molecule has 0 atom stereocenters. The summed E-state index contributed by atoms with van der Waals surface area (Å²) in [5, 5.41) is 3.27. The van der Waals surface area contributed by atoms with E-state index in [4.69, 9.17) is 0 Å². The Balaban J connectivity index is 2.75. The van der Waals surface area contributed by atoms with Crippen molar-refractivity contribution in [1.29, 1.82) is 0 Å². The van der Waals surface area contributed by atoms with Crippen molar-refractivity contribution in [2.45, 2.75) is 32.4 Å². The molecule has 0 aromatic carbocycles. The molecule has 1 heterocycles. The molecule has 0 bridgehead atoms. The minimum Gasteiger partial charge on any atom is -0.357 e. The predicted octanol–water partition coefficient (Wildman–Crippen LogP) is 0.413. The van der Waals surface area contributed by atoms with Gasteiger partial charge in [0.2, 0.25) is 0 Å². The maximum atomic E-state index is 12.1. The predicted molar refractivity (Wildman–Crippen MR) is 88.6 cm³/mol. The zero-order chi connectivity index (χ0) is 16.1. The fourth-order valence-corrected chi connectivity index (χ4v) is 3.60. The molecule has 0 radical (unpaired) electrons. The van der Waals surface area contributed by atoms with Crippen LogP contribution in [0.1, 0.15) is 27.7 Å². The molecule has 1 saturated heterocycles. The lowest BCUT2D eigenvalue weighted by Crippen LogP contribution is -2.57. The van der Waals surface area contributed by atoms with Crippen LogP contribution in [0.2, 0.25) is 0 Å². The molecule has 0 amide bonds. The van der Waals surface area contributed by atoms with Crippen LogP contribution in [0.5, 0.6) is 0 Å². The van der Waals surface area contributed by atoms with Crippen molar-refractivity contribution < 1.29 is 8.42 Å². The topological polar surface area (TPSA) is 65.0 Å². The lowest BCUT2D eigenvalue weighted by Gasteiger charge is -2.39. The van der Waals surface area contributed by atoms with E-state index in [1.165, 1.54) is 0 Å². The molecule has 0 aliphatic carbocycles. The van der Waals surface area contributed by atoms with Crippen LogP contribution in [0.3, 0.4) is 0 Å². The normalized spacial score (nSPS) is 21.6. The minimum absolute atomic E-state index is 0.194. The molecule has 0 aromatic rings. The van der Waals surface area contributed by atoms with E-state index in [9.17, 15) is 8.42 Å². The van der Waals surface area contributed by atoms with Gasteiger partial charge in [-0.3, -0.25) is 4.99 Å². The fourth-order valence-electron chi connectivity index (χ4n) is 2.24. The van der Waals surface area contributed by atoms with E-state index in [2.05, 4.69) is 34.1 Å². The number of likely N-dealkylation sites (N-methyl/N-ethyl adjacent to an activating group) is 1. The molecule has 21 heavy (non-hydrogen) atoms. The van der Waals surface area contributed by atoms with Gasteiger partial charge >= 0.3 is 0 Å². The molecule has 1 fully saturated rings. The number of nitrogens with one attached hydrogen (secondary N) is 1. The third-order valence-corrected chi connectivity index (χ3v) is 6.49. The average molecular weight is 318 g/mol. The number of nitrogens with zero attached hydrogens (tertiary/aromatic N) is 3. The molecule has 1 rings (SSSR count). The van der Waals surface area contributed by atoms with Crippen LogP contribution in [-0.2, 0) is 9.84 Å². The number of hydrogen-bond donors (Lipinski definition) is 1. The Bertz CT molecular complexity index is 460. The number of rotatable bonds is 5. The van der Waals surface area contributed by atoms with Crippen LogP contribution in [0.4, 0.5) is 0 Å². The third-order valence-electron chi connectivity index (χ3n) is 3.96. The Kier molecular flexibility index (Phi) is 6.46. The SMILES string of the molecule is CCNC(=NCCN(C)CC)N1CCS(=O)(=O)C(C)(C)C1. The van der Waals surface area contributed by atoms with Crippen LogP contribution < -0.4 is 5.32 Å². The molecule has 0 aromatic heterocycles. The highest BCUT2D eigenvalue weighted by Gasteiger charge is 2.40. The number of aliphatic imine (C=N–C) groups is 1. The second-order valence-electron chi connectivity index (χ2n) is 6.13. The van der Waals surface area contributed by atoms with E-state index in [0.29, 0.717) is 13.1 Å². The van der Waals surface area contributed by atoms with Crippen molar-refractivity contribution in [3.05, 3.63) is 0 Å². The van der Waals surface area contributed by atoms with E-state index < -0.39 is 14.6 Å². The number of sulfone groups is 1. The van der Waals surface area contributed by atoms with Gasteiger partial charge in [-0.05, 0) is 34.4 Å². The summed E-state index contributed by atoms with van der Waals surface area (Å²) in [6, 6.07) is 0. The summed E-state index contributed by atoms with van der Waals surface area (Å²) in [6.45, 7) is 12.1. The summed E-state index contributed by atoms with van der Waals surface area (Å²) in [6.07, 6.45) is 0. The van der Waals surface area contributed by atoms with Gasteiger partial charge in [-0.25, -0.2) is 8.42 Å². The highest BCUT2D eigenvalue weighted by atomic mass is 32.2. The van der Waals surface area contributed by atoms with Crippen molar-refractivity contribution in [2.24, 2.45) is 4.99 Å². The maximum absolute atomic E-state index is 12.1. The van der Waals surface area contributed by atoms with Crippen molar-refractivity contribution in [3.8, 4) is 0 Å². The molecule has 7 heteroatoms. The number of guanidine groups is 1. The molecule has 1 aliphatic rings. The Morgan fingerprint density at radius 2 is 2.05 bits per heavy atom. The summed E-state index contributed by atoms with van der Waals surface area (Å²) in [5.41, 5.74) is 0. The van der Waals surface area contributed by atoms with Gasteiger partial charge in [0.25, 0.3) is 0 Å².